The minimum atomic E-state index is -0.937. The van der Waals surface area contributed by atoms with E-state index in [1.165, 1.54) is 6.20 Å². The molecule has 15 heavy (non-hydrogen) atoms. The standard InChI is InChI=1S/C10H16N2O3/c1-3-5-15-6-4-12-8(2)9(7-11-12)10(13)14/h7H,3-6H2,1-2H3,(H,13,14). The SMILES string of the molecule is CCCOCCn1ncc(C(=O)O)c1C. The molecule has 0 aliphatic rings. The summed E-state index contributed by atoms with van der Waals surface area (Å²) in [6.45, 7) is 5.68. The molecule has 1 N–H and O–H groups in total. The summed E-state index contributed by atoms with van der Waals surface area (Å²) in [6, 6.07) is 0. The monoisotopic (exact) mass is 212 g/mol. The Labute approximate surface area is 88.7 Å². The Bertz CT molecular complexity index is 333. The molecule has 0 aromatic carbocycles. The van der Waals surface area contributed by atoms with Gasteiger partial charge in [-0.3, -0.25) is 4.68 Å². The molecule has 0 amide bonds. The van der Waals surface area contributed by atoms with E-state index < -0.39 is 5.97 Å². The summed E-state index contributed by atoms with van der Waals surface area (Å²) < 4.78 is 6.96. The molecule has 5 nitrogen and oxygen atoms in total. The lowest BCUT2D eigenvalue weighted by atomic mass is 10.3. The van der Waals surface area contributed by atoms with Gasteiger partial charge in [0.25, 0.3) is 0 Å². The lowest BCUT2D eigenvalue weighted by molar-refractivity contribution is 0.0695. The van der Waals surface area contributed by atoms with E-state index in [0.717, 1.165) is 13.0 Å². The zero-order chi connectivity index (χ0) is 11.3. The van der Waals surface area contributed by atoms with Crippen LogP contribution >= 0.6 is 0 Å². The molecule has 0 saturated heterocycles. The van der Waals surface area contributed by atoms with Crippen LogP contribution in [0.1, 0.15) is 29.4 Å². The summed E-state index contributed by atoms with van der Waals surface area (Å²) in [5.41, 5.74) is 0.924. The van der Waals surface area contributed by atoms with Crippen LogP contribution in [-0.2, 0) is 11.3 Å². The van der Waals surface area contributed by atoms with Crippen LogP contribution in [0.15, 0.2) is 6.20 Å². The quantitative estimate of drug-likeness (QED) is 0.722. The fourth-order valence-corrected chi connectivity index (χ4v) is 1.28. The number of hydrogen-bond donors (Lipinski definition) is 1. The maximum absolute atomic E-state index is 10.7. The molecule has 0 saturated carbocycles. The summed E-state index contributed by atoms with van der Waals surface area (Å²) in [6.07, 6.45) is 2.36. The molecule has 1 aromatic heterocycles. The Kier molecular flexibility index (Phi) is 4.30. The van der Waals surface area contributed by atoms with Gasteiger partial charge in [-0.2, -0.15) is 5.10 Å². The van der Waals surface area contributed by atoms with Crippen molar-refractivity contribution in [2.45, 2.75) is 26.8 Å². The van der Waals surface area contributed by atoms with E-state index in [9.17, 15) is 4.79 Å². The summed E-state index contributed by atoms with van der Waals surface area (Å²) in [5.74, 6) is -0.937. The molecule has 5 heteroatoms. The van der Waals surface area contributed by atoms with E-state index >= 15 is 0 Å². The number of aromatic nitrogens is 2. The number of aromatic carboxylic acids is 1. The highest BCUT2D eigenvalue weighted by molar-refractivity contribution is 5.88. The first-order chi connectivity index (χ1) is 7.16. The first-order valence-corrected chi connectivity index (χ1v) is 5.00. The van der Waals surface area contributed by atoms with Crippen molar-refractivity contribution in [1.82, 2.24) is 9.78 Å². The van der Waals surface area contributed by atoms with E-state index in [1.807, 2.05) is 6.92 Å². The lowest BCUT2D eigenvalue weighted by Crippen LogP contribution is -2.10. The number of hydrogen-bond acceptors (Lipinski definition) is 3. The number of carboxylic acid groups (broad SMARTS) is 1. The molecule has 0 atom stereocenters. The van der Waals surface area contributed by atoms with Crippen molar-refractivity contribution in [3.63, 3.8) is 0 Å². The number of carboxylic acids is 1. The average molecular weight is 212 g/mol. The van der Waals surface area contributed by atoms with Crippen LogP contribution in [0.25, 0.3) is 0 Å². The van der Waals surface area contributed by atoms with Gasteiger partial charge in [0.2, 0.25) is 0 Å². The highest BCUT2D eigenvalue weighted by atomic mass is 16.5. The molecule has 1 heterocycles. The van der Waals surface area contributed by atoms with Gasteiger partial charge in [0, 0.05) is 12.3 Å². The molecule has 0 aliphatic carbocycles. The van der Waals surface area contributed by atoms with E-state index in [2.05, 4.69) is 5.10 Å². The molecular formula is C10H16N2O3. The third kappa shape index (κ3) is 3.06. The van der Waals surface area contributed by atoms with Crippen molar-refractivity contribution in [1.29, 1.82) is 0 Å². The van der Waals surface area contributed by atoms with Gasteiger partial charge in [-0.15, -0.1) is 0 Å². The highest BCUT2D eigenvalue weighted by Crippen LogP contribution is 2.06. The van der Waals surface area contributed by atoms with Crippen LogP contribution in [0.2, 0.25) is 0 Å². The van der Waals surface area contributed by atoms with Crippen molar-refractivity contribution in [2.75, 3.05) is 13.2 Å². The lowest BCUT2D eigenvalue weighted by Gasteiger charge is -2.05. The van der Waals surface area contributed by atoms with E-state index in [0.29, 0.717) is 18.8 Å². The summed E-state index contributed by atoms with van der Waals surface area (Å²) in [5, 5.41) is 12.8. The minimum Gasteiger partial charge on any atom is -0.478 e. The number of nitrogens with zero attached hydrogens (tertiary/aromatic N) is 2. The molecular weight excluding hydrogens is 196 g/mol. The first kappa shape index (κ1) is 11.7. The predicted molar refractivity (Wildman–Crippen MR) is 55.0 cm³/mol. The van der Waals surface area contributed by atoms with Gasteiger partial charge < -0.3 is 9.84 Å². The summed E-state index contributed by atoms with van der Waals surface area (Å²) in [7, 11) is 0. The maximum Gasteiger partial charge on any atom is 0.339 e. The predicted octanol–water partition coefficient (Wildman–Crippen LogP) is 1.32. The van der Waals surface area contributed by atoms with Gasteiger partial charge in [-0.05, 0) is 13.3 Å². The van der Waals surface area contributed by atoms with E-state index in [1.54, 1.807) is 11.6 Å². The zero-order valence-corrected chi connectivity index (χ0v) is 9.06. The Morgan fingerprint density at radius 1 is 1.60 bits per heavy atom. The fourth-order valence-electron chi connectivity index (χ4n) is 1.28. The van der Waals surface area contributed by atoms with Crippen LogP contribution in [-0.4, -0.2) is 34.1 Å². The molecule has 0 fully saturated rings. The van der Waals surface area contributed by atoms with Crippen LogP contribution < -0.4 is 0 Å². The topological polar surface area (TPSA) is 64.4 Å². The fraction of sp³-hybridized carbons (Fsp3) is 0.600. The Balaban J connectivity index is 2.51. The molecule has 1 aromatic rings. The Morgan fingerprint density at radius 2 is 2.33 bits per heavy atom. The number of rotatable bonds is 6. The molecule has 0 unspecified atom stereocenters. The maximum atomic E-state index is 10.7. The second-order valence-corrected chi connectivity index (χ2v) is 3.28. The molecule has 1 rings (SSSR count). The van der Waals surface area contributed by atoms with Crippen molar-refractivity contribution in [3.8, 4) is 0 Å². The van der Waals surface area contributed by atoms with Gasteiger partial charge >= 0.3 is 5.97 Å². The van der Waals surface area contributed by atoms with Crippen LogP contribution in [0, 0.1) is 6.92 Å². The van der Waals surface area contributed by atoms with Crippen molar-refractivity contribution in [3.05, 3.63) is 17.5 Å². The molecule has 0 aliphatic heterocycles. The molecule has 84 valence electrons. The van der Waals surface area contributed by atoms with Gasteiger partial charge in [-0.1, -0.05) is 6.92 Å². The summed E-state index contributed by atoms with van der Waals surface area (Å²) >= 11 is 0. The number of ether oxygens (including phenoxy) is 1. The second kappa shape index (κ2) is 5.50. The Morgan fingerprint density at radius 3 is 2.87 bits per heavy atom. The van der Waals surface area contributed by atoms with Crippen LogP contribution in [0.4, 0.5) is 0 Å². The van der Waals surface area contributed by atoms with Crippen LogP contribution in [0.5, 0.6) is 0 Å². The number of carbonyl (C=O) groups is 1. The molecule has 0 radical (unpaired) electrons. The van der Waals surface area contributed by atoms with Crippen molar-refractivity contribution < 1.29 is 14.6 Å². The largest absolute Gasteiger partial charge is 0.478 e. The zero-order valence-electron chi connectivity index (χ0n) is 9.06. The van der Waals surface area contributed by atoms with Gasteiger partial charge in [0.1, 0.15) is 5.56 Å². The summed E-state index contributed by atoms with van der Waals surface area (Å²) in [4.78, 5) is 10.7. The third-order valence-electron chi connectivity index (χ3n) is 2.13. The van der Waals surface area contributed by atoms with Crippen LogP contribution in [0.3, 0.4) is 0 Å². The van der Waals surface area contributed by atoms with Gasteiger partial charge in [-0.25, -0.2) is 4.79 Å². The van der Waals surface area contributed by atoms with E-state index in [4.69, 9.17) is 9.84 Å². The molecule has 0 bridgehead atoms. The normalized spacial score (nSPS) is 10.5. The smallest absolute Gasteiger partial charge is 0.339 e. The molecule has 0 spiro atoms. The average Bonchev–Trinajstić information content (AvgIpc) is 2.55. The van der Waals surface area contributed by atoms with Gasteiger partial charge in [0.15, 0.2) is 0 Å². The highest BCUT2D eigenvalue weighted by Gasteiger charge is 2.11. The Hall–Kier alpha value is -1.36. The first-order valence-electron chi connectivity index (χ1n) is 5.00. The van der Waals surface area contributed by atoms with E-state index in [-0.39, 0.29) is 5.56 Å². The van der Waals surface area contributed by atoms with Crippen molar-refractivity contribution in [2.24, 2.45) is 0 Å². The van der Waals surface area contributed by atoms with Gasteiger partial charge in [0.05, 0.1) is 19.3 Å². The second-order valence-electron chi connectivity index (χ2n) is 3.28. The third-order valence-corrected chi connectivity index (χ3v) is 2.13. The van der Waals surface area contributed by atoms with Crippen molar-refractivity contribution >= 4 is 5.97 Å². The minimum absolute atomic E-state index is 0.255.